The number of rotatable bonds is 6. The number of hydrogen-bond acceptors (Lipinski definition) is 4. The monoisotopic (exact) mass is 376 g/mol. The molecule has 1 aliphatic carbocycles. The van der Waals surface area contributed by atoms with E-state index in [1.807, 2.05) is 31.3 Å². The Labute approximate surface area is 164 Å². The molecule has 4 rings (SSSR count). The van der Waals surface area contributed by atoms with E-state index in [0.717, 1.165) is 36.2 Å². The molecule has 1 atom stereocenters. The molecule has 144 valence electrons. The third kappa shape index (κ3) is 3.43. The number of para-hydroxylation sites is 1. The summed E-state index contributed by atoms with van der Waals surface area (Å²) in [7, 11) is 2.05. The van der Waals surface area contributed by atoms with E-state index in [2.05, 4.69) is 28.6 Å². The van der Waals surface area contributed by atoms with Crippen LogP contribution in [-0.2, 0) is 19.4 Å². The quantitative estimate of drug-likeness (QED) is 0.471. The Morgan fingerprint density at radius 3 is 2.71 bits per heavy atom. The van der Waals surface area contributed by atoms with Crippen LogP contribution in [0.5, 0.6) is 0 Å². The van der Waals surface area contributed by atoms with E-state index < -0.39 is 0 Å². The van der Waals surface area contributed by atoms with Crippen molar-refractivity contribution in [3.8, 4) is 5.69 Å². The Balaban J connectivity index is 1.59. The molecule has 28 heavy (non-hydrogen) atoms. The van der Waals surface area contributed by atoms with Gasteiger partial charge < -0.3 is 0 Å². The molecule has 1 unspecified atom stereocenters. The zero-order chi connectivity index (χ0) is 19.7. The Kier molecular flexibility index (Phi) is 4.96. The number of nitrogens with zero attached hydrogens (tertiary/aromatic N) is 4. The number of benzene rings is 2. The average Bonchev–Trinajstić information content (AvgIpc) is 3.32. The minimum atomic E-state index is -0.343. The van der Waals surface area contributed by atoms with Crippen molar-refractivity contribution in [2.24, 2.45) is 0 Å². The maximum Gasteiger partial charge on any atom is 0.269 e. The third-order valence-corrected chi connectivity index (χ3v) is 5.64. The summed E-state index contributed by atoms with van der Waals surface area (Å²) in [4.78, 5) is 12.9. The molecule has 1 aliphatic rings. The van der Waals surface area contributed by atoms with Gasteiger partial charge in [0.05, 0.1) is 16.3 Å². The summed E-state index contributed by atoms with van der Waals surface area (Å²) in [6.45, 7) is 2.79. The Morgan fingerprint density at radius 2 is 1.96 bits per heavy atom. The van der Waals surface area contributed by atoms with Crippen LogP contribution in [0.1, 0.15) is 41.9 Å². The molecular formula is C22H24N4O2. The standard InChI is InChI=1S/C22H24N4O2/c1-16(17-8-6-11-19(14-17)26(27)28)24(2)15-21-20-12-7-13-22(20)25(23-21)18-9-4-3-5-10-18/h3-6,8-11,14,16H,7,12-13,15H2,1-2H3. The molecule has 0 bridgehead atoms. The smallest absolute Gasteiger partial charge is 0.269 e. The van der Waals surface area contributed by atoms with Crippen LogP contribution in [-0.4, -0.2) is 26.7 Å². The lowest BCUT2D eigenvalue weighted by atomic mass is 10.1. The molecule has 0 spiro atoms. The second-order valence-electron chi connectivity index (χ2n) is 7.42. The first-order valence-electron chi connectivity index (χ1n) is 9.64. The van der Waals surface area contributed by atoms with Gasteiger partial charge in [0.15, 0.2) is 0 Å². The number of fused-ring (bicyclic) bond motifs is 1. The molecule has 0 radical (unpaired) electrons. The SMILES string of the molecule is CC(c1cccc([N+](=O)[O-])c1)N(C)Cc1nn(-c2ccccc2)c2c1CCC2. The van der Waals surface area contributed by atoms with Gasteiger partial charge in [-0.2, -0.15) is 5.10 Å². The predicted molar refractivity (Wildman–Crippen MR) is 109 cm³/mol. The van der Waals surface area contributed by atoms with Crippen LogP contribution in [0.2, 0.25) is 0 Å². The van der Waals surface area contributed by atoms with Gasteiger partial charge in [0.1, 0.15) is 0 Å². The van der Waals surface area contributed by atoms with Crippen LogP contribution >= 0.6 is 0 Å². The normalized spacial score (nSPS) is 14.2. The van der Waals surface area contributed by atoms with E-state index in [9.17, 15) is 10.1 Å². The summed E-state index contributed by atoms with van der Waals surface area (Å²) >= 11 is 0. The van der Waals surface area contributed by atoms with Crippen molar-refractivity contribution in [3.05, 3.63) is 87.2 Å². The second-order valence-corrected chi connectivity index (χ2v) is 7.42. The average molecular weight is 376 g/mol. The molecule has 0 aliphatic heterocycles. The topological polar surface area (TPSA) is 64.2 Å². The largest absolute Gasteiger partial charge is 0.294 e. The fourth-order valence-electron chi connectivity index (χ4n) is 3.95. The summed E-state index contributed by atoms with van der Waals surface area (Å²) in [5, 5.41) is 16.0. The number of aromatic nitrogens is 2. The molecule has 6 heteroatoms. The van der Waals surface area contributed by atoms with E-state index >= 15 is 0 Å². The molecule has 0 amide bonds. The molecule has 0 fully saturated rings. The summed E-state index contributed by atoms with van der Waals surface area (Å²) < 4.78 is 2.09. The zero-order valence-corrected chi connectivity index (χ0v) is 16.2. The zero-order valence-electron chi connectivity index (χ0n) is 16.2. The number of nitro groups is 1. The van der Waals surface area contributed by atoms with Crippen LogP contribution in [0.4, 0.5) is 5.69 Å². The maximum absolute atomic E-state index is 11.1. The summed E-state index contributed by atoms with van der Waals surface area (Å²) in [6, 6.07) is 17.2. The van der Waals surface area contributed by atoms with E-state index in [-0.39, 0.29) is 16.7 Å². The first kappa shape index (κ1) is 18.4. The van der Waals surface area contributed by atoms with Crippen LogP contribution in [0.15, 0.2) is 54.6 Å². The van der Waals surface area contributed by atoms with Gasteiger partial charge in [-0.15, -0.1) is 0 Å². The highest BCUT2D eigenvalue weighted by atomic mass is 16.6. The van der Waals surface area contributed by atoms with E-state index in [4.69, 9.17) is 5.10 Å². The molecule has 0 saturated carbocycles. The van der Waals surface area contributed by atoms with Crippen LogP contribution in [0.25, 0.3) is 5.69 Å². The number of nitro benzene ring substituents is 1. The fraction of sp³-hybridized carbons (Fsp3) is 0.318. The molecule has 2 aromatic carbocycles. The highest BCUT2D eigenvalue weighted by Crippen LogP contribution is 2.30. The number of non-ortho nitro benzene ring substituents is 1. The third-order valence-electron chi connectivity index (χ3n) is 5.64. The van der Waals surface area contributed by atoms with Gasteiger partial charge in [0.25, 0.3) is 5.69 Å². The summed E-state index contributed by atoms with van der Waals surface area (Å²) in [5.74, 6) is 0. The van der Waals surface area contributed by atoms with Crippen molar-refractivity contribution in [3.63, 3.8) is 0 Å². The molecule has 6 nitrogen and oxygen atoms in total. The van der Waals surface area contributed by atoms with Gasteiger partial charge >= 0.3 is 0 Å². The molecular weight excluding hydrogens is 352 g/mol. The molecule has 0 saturated heterocycles. The summed E-state index contributed by atoms with van der Waals surface area (Å²) in [6.07, 6.45) is 3.29. The van der Waals surface area contributed by atoms with Gasteiger partial charge in [0, 0.05) is 30.4 Å². The van der Waals surface area contributed by atoms with Crippen LogP contribution in [0, 0.1) is 10.1 Å². The first-order chi connectivity index (χ1) is 13.5. The minimum absolute atomic E-state index is 0.0545. The van der Waals surface area contributed by atoms with Crippen LogP contribution in [0.3, 0.4) is 0 Å². The van der Waals surface area contributed by atoms with Gasteiger partial charge in [0.2, 0.25) is 0 Å². The van der Waals surface area contributed by atoms with Crippen molar-refractivity contribution in [1.82, 2.24) is 14.7 Å². The van der Waals surface area contributed by atoms with Gasteiger partial charge in [-0.05, 0) is 56.5 Å². The lowest BCUT2D eigenvalue weighted by Crippen LogP contribution is -2.23. The van der Waals surface area contributed by atoms with Crippen molar-refractivity contribution in [2.45, 2.75) is 38.8 Å². The first-order valence-corrected chi connectivity index (χ1v) is 9.64. The minimum Gasteiger partial charge on any atom is -0.294 e. The second kappa shape index (κ2) is 7.56. The predicted octanol–water partition coefficient (Wildman–Crippen LogP) is 4.46. The molecule has 1 aromatic heterocycles. The van der Waals surface area contributed by atoms with Crippen molar-refractivity contribution < 1.29 is 4.92 Å². The molecule has 3 aromatic rings. The van der Waals surface area contributed by atoms with Crippen molar-refractivity contribution in [2.75, 3.05) is 7.05 Å². The summed E-state index contributed by atoms with van der Waals surface area (Å²) in [5.41, 5.74) is 5.96. The Hall–Kier alpha value is -2.99. The highest BCUT2D eigenvalue weighted by molar-refractivity contribution is 5.40. The molecule has 0 N–H and O–H groups in total. The van der Waals surface area contributed by atoms with Crippen molar-refractivity contribution in [1.29, 1.82) is 0 Å². The van der Waals surface area contributed by atoms with Gasteiger partial charge in [-0.3, -0.25) is 15.0 Å². The molecule has 1 heterocycles. The maximum atomic E-state index is 11.1. The van der Waals surface area contributed by atoms with E-state index in [1.165, 1.54) is 17.3 Å². The number of hydrogen-bond donors (Lipinski definition) is 0. The van der Waals surface area contributed by atoms with E-state index in [1.54, 1.807) is 12.1 Å². The fourth-order valence-corrected chi connectivity index (χ4v) is 3.95. The van der Waals surface area contributed by atoms with Crippen molar-refractivity contribution >= 4 is 5.69 Å². The Bertz CT molecular complexity index is 997. The highest BCUT2D eigenvalue weighted by Gasteiger charge is 2.25. The Morgan fingerprint density at radius 1 is 1.18 bits per heavy atom. The van der Waals surface area contributed by atoms with E-state index in [0.29, 0.717) is 6.54 Å². The lowest BCUT2D eigenvalue weighted by Gasteiger charge is -2.24. The van der Waals surface area contributed by atoms with Gasteiger partial charge in [-0.1, -0.05) is 30.3 Å². The van der Waals surface area contributed by atoms with Gasteiger partial charge in [-0.25, -0.2) is 4.68 Å². The lowest BCUT2D eigenvalue weighted by molar-refractivity contribution is -0.384. The van der Waals surface area contributed by atoms with Crippen LogP contribution < -0.4 is 0 Å².